The number of benzene rings is 3. The first kappa shape index (κ1) is 30.5. The molecular weight excluding hydrogens is 738 g/mol. The molecule has 0 amide bonds. The van der Waals surface area contributed by atoms with Gasteiger partial charge < -0.3 is 4.98 Å². The molecule has 2 nitrogen and oxygen atoms in total. The van der Waals surface area contributed by atoms with E-state index in [1.807, 2.05) is 0 Å². The first-order valence-electron chi connectivity index (χ1n) is 14.2. The van der Waals surface area contributed by atoms with Crippen LogP contribution in [0.1, 0.15) is 68.4 Å². The molecule has 0 spiro atoms. The SMILES string of the molecule is CC1=C(I)C(/C=C/c2ccc(C)cc2)=NC/1=C(\c1[nH]c(/C=C/c2ccc(C)cc2)c(I)c1C)c1c(C)cc(C)cc1C. The first-order valence-corrected chi connectivity index (χ1v) is 16.4. The zero-order valence-electron chi connectivity index (χ0n) is 25.3. The van der Waals surface area contributed by atoms with E-state index in [9.17, 15) is 0 Å². The summed E-state index contributed by atoms with van der Waals surface area (Å²) in [5.74, 6) is 0. The maximum absolute atomic E-state index is 5.31. The van der Waals surface area contributed by atoms with E-state index in [4.69, 9.17) is 4.99 Å². The van der Waals surface area contributed by atoms with Gasteiger partial charge in [0.15, 0.2) is 0 Å². The second kappa shape index (κ2) is 12.7. The number of nitrogens with one attached hydrogen (secondary N) is 1. The monoisotopic (exact) mass is 774 g/mol. The molecule has 0 fully saturated rings. The van der Waals surface area contributed by atoms with Gasteiger partial charge in [-0.2, -0.15) is 0 Å². The van der Waals surface area contributed by atoms with Gasteiger partial charge in [0.1, 0.15) is 0 Å². The minimum Gasteiger partial charge on any atom is -0.354 e. The summed E-state index contributed by atoms with van der Waals surface area (Å²) in [4.78, 5) is 9.13. The molecule has 1 aromatic heterocycles. The molecule has 0 atom stereocenters. The molecule has 4 aromatic rings. The van der Waals surface area contributed by atoms with Crippen LogP contribution >= 0.6 is 45.2 Å². The summed E-state index contributed by atoms with van der Waals surface area (Å²) in [6, 6.07) is 21.8. The van der Waals surface area contributed by atoms with Gasteiger partial charge in [-0.05, 0) is 145 Å². The average Bonchev–Trinajstić information content (AvgIpc) is 3.39. The van der Waals surface area contributed by atoms with Gasteiger partial charge in [-0.25, -0.2) is 4.99 Å². The highest BCUT2D eigenvalue weighted by Gasteiger charge is 2.27. The summed E-state index contributed by atoms with van der Waals surface area (Å²) >= 11 is 4.94. The molecule has 1 N–H and O–H groups in total. The lowest BCUT2D eigenvalue weighted by atomic mass is 9.88. The van der Waals surface area contributed by atoms with E-state index in [1.165, 1.54) is 68.4 Å². The van der Waals surface area contributed by atoms with Gasteiger partial charge in [0, 0.05) is 12.7 Å². The van der Waals surface area contributed by atoms with Crippen molar-refractivity contribution < 1.29 is 0 Å². The summed E-state index contributed by atoms with van der Waals surface area (Å²) in [5, 5.41) is 0. The molecule has 0 bridgehead atoms. The van der Waals surface area contributed by atoms with E-state index in [-0.39, 0.29) is 0 Å². The van der Waals surface area contributed by atoms with E-state index >= 15 is 0 Å². The smallest absolute Gasteiger partial charge is 0.0777 e. The van der Waals surface area contributed by atoms with E-state index < -0.39 is 0 Å². The van der Waals surface area contributed by atoms with Gasteiger partial charge in [0.05, 0.1) is 22.8 Å². The Morgan fingerprint density at radius 3 is 1.74 bits per heavy atom. The third kappa shape index (κ3) is 6.35. The van der Waals surface area contributed by atoms with E-state index in [2.05, 4.69) is 184 Å². The Bertz CT molecular complexity index is 1800. The van der Waals surface area contributed by atoms with Crippen LogP contribution in [0, 0.1) is 45.1 Å². The molecule has 5 rings (SSSR count). The van der Waals surface area contributed by atoms with Crippen molar-refractivity contribution in [3.05, 3.63) is 147 Å². The van der Waals surface area contributed by atoms with Crippen LogP contribution in [0.3, 0.4) is 0 Å². The highest BCUT2D eigenvalue weighted by molar-refractivity contribution is 14.1. The standard InChI is InChI=1S/C38H36I2N2/c1-22-8-12-29(13-9-22)16-18-31-35(39)27(6)37(41-31)34(33-25(4)20-24(3)21-26(33)5)38-28(7)36(40)32(42-38)19-17-30-14-10-23(2)11-15-30/h8-21,41H,1-7H3/b18-16+,19-17+,38-34-. The number of rotatable bonds is 6. The zero-order chi connectivity index (χ0) is 30.1. The highest BCUT2D eigenvalue weighted by Crippen LogP contribution is 2.42. The van der Waals surface area contributed by atoms with Crippen LogP contribution in [0.4, 0.5) is 0 Å². The Balaban J connectivity index is 1.69. The lowest BCUT2D eigenvalue weighted by Crippen LogP contribution is -2.02. The van der Waals surface area contributed by atoms with Gasteiger partial charge in [0.2, 0.25) is 0 Å². The Labute approximate surface area is 277 Å². The normalized spacial score (nSPS) is 14.9. The van der Waals surface area contributed by atoms with Gasteiger partial charge in [-0.1, -0.05) is 89.5 Å². The molecular formula is C38H36I2N2. The van der Waals surface area contributed by atoms with Crippen LogP contribution in [-0.2, 0) is 0 Å². The number of halogens is 2. The lowest BCUT2D eigenvalue weighted by Gasteiger charge is -2.18. The van der Waals surface area contributed by atoms with Crippen molar-refractivity contribution in [1.29, 1.82) is 0 Å². The Morgan fingerprint density at radius 2 is 1.19 bits per heavy atom. The summed E-state index contributed by atoms with van der Waals surface area (Å²) in [6.07, 6.45) is 8.68. The third-order valence-corrected chi connectivity index (χ3v) is 10.5. The Hall–Kier alpha value is -2.97. The van der Waals surface area contributed by atoms with E-state index in [0.717, 1.165) is 22.8 Å². The molecule has 212 valence electrons. The van der Waals surface area contributed by atoms with E-state index in [1.54, 1.807) is 0 Å². The molecule has 1 aliphatic heterocycles. The quantitative estimate of drug-likeness (QED) is 0.189. The Morgan fingerprint density at radius 1 is 0.667 bits per heavy atom. The zero-order valence-corrected chi connectivity index (χ0v) is 29.6. The van der Waals surface area contributed by atoms with Crippen molar-refractivity contribution in [1.82, 2.24) is 4.98 Å². The third-order valence-electron chi connectivity index (χ3n) is 7.79. The van der Waals surface area contributed by atoms with Crippen molar-refractivity contribution >= 4 is 74.7 Å². The maximum Gasteiger partial charge on any atom is 0.0777 e. The summed E-state index contributed by atoms with van der Waals surface area (Å²) in [6.45, 7) is 15.3. The molecule has 2 heterocycles. The molecule has 42 heavy (non-hydrogen) atoms. The van der Waals surface area contributed by atoms with Crippen LogP contribution < -0.4 is 0 Å². The number of nitrogens with zero attached hydrogens (tertiary/aromatic N) is 1. The molecule has 0 aliphatic carbocycles. The number of aromatic amines is 1. The second-order valence-corrected chi connectivity index (χ2v) is 13.4. The molecule has 1 aliphatic rings. The van der Waals surface area contributed by atoms with Crippen molar-refractivity contribution in [2.24, 2.45) is 4.99 Å². The fraction of sp³-hybridized carbons (Fsp3) is 0.184. The topological polar surface area (TPSA) is 28.1 Å². The first-order chi connectivity index (χ1) is 20.0. The molecule has 0 saturated carbocycles. The molecule has 0 saturated heterocycles. The minimum atomic E-state index is 1.00. The van der Waals surface area contributed by atoms with Crippen molar-refractivity contribution in [3.63, 3.8) is 0 Å². The van der Waals surface area contributed by atoms with Gasteiger partial charge >= 0.3 is 0 Å². The van der Waals surface area contributed by atoms with Crippen LogP contribution in [0.25, 0.3) is 23.8 Å². The predicted octanol–water partition coefficient (Wildman–Crippen LogP) is 11.3. The Kier molecular flexibility index (Phi) is 9.23. The van der Waals surface area contributed by atoms with Crippen LogP contribution in [0.2, 0.25) is 0 Å². The number of aromatic nitrogens is 1. The van der Waals surface area contributed by atoms with Crippen molar-refractivity contribution in [3.8, 4) is 0 Å². The predicted molar refractivity (Wildman–Crippen MR) is 199 cm³/mol. The molecule has 0 unspecified atom stereocenters. The molecule has 3 aromatic carbocycles. The summed E-state index contributed by atoms with van der Waals surface area (Å²) in [7, 11) is 0. The number of H-pyrrole nitrogens is 1. The fourth-order valence-electron chi connectivity index (χ4n) is 5.51. The largest absolute Gasteiger partial charge is 0.354 e. The summed E-state index contributed by atoms with van der Waals surface area (Å²) < 4.78 is 2.41. The molecule has 0 radical (unpaired) electrons. The molecule has 4 heteroatoms. The van der Waals surface area contributed by atoms with Crippen molar-refractivity contribution in [2.75, 3.05) is 0 Å². The van der Waals surface area contributed by atoms with Gasteiger partial charge in [-0.3, -0.25) is 0 Å². The van der Waals surface area contributed by atoms with Crippen LogP contribution in [0.15, 0.2) is 86.6 Å². The second-order valence-electron chi connectivity index (χ2n) is 11.3. The van der Waals surface area contributed by atoms with Gasteiger partial charge in [-0.15, -0.1) is 0 Å². The van der Waals surface area contributed by atoms with Gasteiger partial charge in [0.25, 0.3) is 0 Å². The fourth-order valence-corrected chi connectivity index (χ4v) is 6.65. The number of aryl methyl sites for hydroxylation is 5. The minimum absolute atomic E-state index is 1.00. The van der Waals surface area contributed by atoms with Crippen molar-refractivity contribution in [2.45, 2.75) is 48.5 Å². The lowest BCUT2D eigenvalue weighted by molar-refractivity contribution is 1.22. The van der Waals surface area contributed by atoms with Crippen LogP contribution in [0.5, 0.6) is 0 Å². The van der Waals surface area contributed by atoms with Crippen LogP contribution in [-0.4, -0.2) is 10.7 Å². The number of aliphatic imine (C=N–C) groups is 1. The number of hydrogen-bond acceptors (Lipinski definition) is 1. The number of hydrogen-bond donors (Lipinski definition) is 1. The highest BCUT2D eigenvalue weighted by atomic mass is 127. The maximum atomic E-state index is 5.31. The number of allylic oxidation sites excluding steroid dienone is 3. The summed E-state index contributed by atoms with van der Waals surface area (Å²) in [5.41, 5.74) is 17.8. The van der Waals surface area contributed by atoms with E-state index in [0.29, 0.717) is 0 Å². The average molecular weight is 775 g/mol.